The molecule has 0 aliphatic heterocycles. The van der Waals surface area contributed by atoms with Crippen molar-refractivity contribution < 1.29 is 14.2 Å². The first-order valence-electron chi connectivity index (χ1n) is 11.6. The Balaban J connectivity index is 1.91. The standard InChI is InChI=1S/C28H26FN5O2/c1-36-23-15-9-8-14-22(23)28(19-10-4-2-5-11-19,20-12-6-3-7-13-20)27-32-25(30)24-26(33-27)34(18-31-24)17-21(35)16-29/h2-15,18,21,35H,16-17H2,1H3,(H2,30,32,33). The summed E-state index contributed by atoms with van der Waals surface area (Å²) in [4.78, 5) is 14.1. The van der Waals surface area contributed by atoms with Crippen molar-refractivity contribution in [1.29, 1.82) is 0 Å². The van der Waals surface area contributed by atoms with E-state index in [0.29, 0.717) is 22.7 Å². The second kappa shape index (κ2) is 9.75. The van der Waals surface area contributed by atoms with Gasteiger partial charge in [-0.2, -0.15) is 0 Å². The number of fused-ring (bicyclic) bond motifs is 1. The number of ether oxygens (including phenoxy) is 1. The van der Waals surface area contributed by atoms with Crippen molar-refractivity contribution in [1.82, 2.24) is 19.5 Å². The lowest BCUT2D eigenvalue weighted by molar-refractivity contribution is 0.123. The molecule has 8 heteroatoms. The molecule has 3 aromatic carbocycles. The number of halogens is 1. The number of nitrogens with zero attached hydrogens (tertiary/aromatic N) is 4. The Morgan fingerprint density at radius 3 is 2.17 bits per heavy atom. The van der Waals surface area contributed by atoms with Crippen LogP contribution in [0.25, 0.3) is 11.2 Å². The van der Waals surface area contributed by atoms with Crippen molar-refractivity contribution >= 4 is 17.0 Å². The maximum absolute atomic E-state index is 13.1. The van der Waals surface area contributed by atoms with Crippen molar-refractivity contribution in [3.8, 4) is 5.75 Å². The van der Waals surface area contributed by atoms with Gasteiger partial charge in [0.05, 0.1) is 20.0 Å². The molecule has 36 heavy (non-hydrogen) atoms. The van der Waals surface area contributed by atoms with E-state index in [1.807, 2.05) is 84.9 Å². The number of nitrogens with two attached hydrogens (primary N) is 1. The molecule has 1 unspecified atom stereocenters. The summed E-state index contributed by atoms with van der Waals surface area (Å²) in [6.07, 6.45) is 0.304. The number of hydrogen-bond acceptors (Lipinski definition) is 6. The van der Waals surface area contributed by atoms with Gasteiger partial charge in [-0.05, 0) is 17.2 Å². The maximum atomic E-state index is 13.1. The van der Waals surface area contributed by atoms with Crippen LogP contribution in [0, 0.1) is 0 Å². The Morgan fingerprint density at radius 2 is 1.56 bits per heavy atom. The molecule has 2 heterocycles. The number of nitrogen functional groups attached to an aromatic ring is 1. The molecular formula is C28H26FN5O2. The summed E-state index contributed by atoms with van der Waals surface area (Å²) >= 11 is 0. The van der Waals surface area contributed by atoms with Gasteiger partial charge in [-0.1, -0.05) is 78.9 Å². The topological polar surface area (TPSA) is 99.1 Å². The molecule has 0 saturated heterocycles. The number of benzene rings is 3. The number of aromatic nitrogens is 4. The van der Waals surface area contributed by atoms with Crippen molar-refractivity contribution in [2.75, 3.05) is 19.5 Å². The lowest BCUT2D eigenvalue weighted by atomic mass is 9.68. The smallest absolute Gasteiger partial charge is 0.165 e. The van der Waals surface area contributed by atoms with E-state index < -0.39 is 18.2 Å². The molecule has 7 nitrogen and oxygen atoms in total. The van der Waals surface area contributed by atoms with Crippen molar-refractivity contribution in [3.05, 3.63) is 114 Å². The van der Waals surface area contributed by atoms with Crippen LogP contribution in [0.1, 0.15) is 22.5 Å². The monoisotopic (exact) mass is 483 g/mol. The lowest BCUT2D eigenvalue weighted by Crippen LogP contribution is -2.34. The van der Waals surface area contributed by atoms with Gasteiger partial charge in [0.1, 0.15) is 29.5 Å². The molecule has 5 aromatic rings. The second-order valence-corrected chi connectivity index (χ2v) is 8.49. The normalized spacial score (nSPS) is 12.5. The van der Waals surface area contributed by atoms with Crippen LogP contribution in [0.3, 0.4) is 0 Å². The summed E-state index contributed by atoms with van der Waals surface area (Å²) < 4.78 is 20.6. The fourth-order valence-electron chi connectivity index (χ4n) is 4.73. The minimum atomic E-state index is -1.19. The highest BCUT2D eigenvalue weighted by Gasteiger charge is 2.44. The van der Waals surface area contributed by atoms with Crippen molar-refractivity contribution in [2.45, 2.75) is 18.1 Å². The van der Waals surface area contributed by atoms with E-state index in [1.165, 1.54) is 6.33 Å². The number of alkyl halides is 1. The number of para-hydroxylation sites is 1. The Hall–Kier alpha value is -4.30. The van der Waals surface area contributed by atoms with Crippen LogP contribution in [0.15, 0.2) is 91.3 Å². The number of rotatable bonds is 8. The van der Waals surface area contributed by atoms with Crippen LogP contribution in [-0.4, -0.2) is 44.5 Å². The molecule has 0 aliphatic carbocycles. The molecule has 0 fully saturated rings. The first kappa shape index (κ1) is 23.4. The zero-order valence-corrected chi connectivity index (χ0v) is 19.8. The molecule has 0 aliphatic rings. The predicted molar refractivity (Wildman–Crippen MR) is 137 cm³/mol. The SMILES string of the molecule is COc1ccccc1C(c1ccccc1)(c1ccccc1)c1nc(N)c2ncn(CC(O)CF)c2n1. The average molecular weight is 484 g/mol. The second-order valence-electron chi connectivity index (χ2n) is 8.49. The predicted octanol–water partition coefficient (Wildman–Crippen LogP) is 4.13. The third kappa shape index (κ3) is 3.85. The number of methoxy groups -OCH3 is 1. The first-order chi connectivity index (χ1) is 17.6. The molecule has 0 saturated carbocycles. The Labute approximate surface area is 208 Å². The van der Waals surface area contributed by atoms with Gasteiger partial charge in [-0.25, -0.2) is 19.3 Å². The summed E-state index contributed by atoms with van der Waals surface area (Å²) in [5.41, 5.74) is 8.89. The van der Waals surface area contributed by atoms with Gasteiger partial charge in [-0.15, -0.1) is 0 Å². The van der Waals surface area contributed by atoms with Gasteiger partial charge < -0.3 is 20.1 Å². The molecule has 1 atom stereocenters. The Morgan fingerprint density at radius 1 is 0.944 bits per heavy atom. The fourth-order valence-corrected chi connectivity index (χ4v) is 4.73. The van der Waals surface area contributed by atoms with E-state index >= 15 is 0 Å². The maximum Gasteiger partial charge on any atom is 0.165 e. The summed E-state index contributed by atoms with van der Waals surface area (Å²) in [5, 5.41) is 9.98. The highest BCUT2D eigenvalue weighted by atomic mass is 19.1. The van der Waals surface area contributed by atoms with Crippen LogP contribution in [-0.2, 0) is 12.0 Å². The summed E-state index contributed by atoms with van der Waals surface area (Å²) in [6.45, 7) is -0.895. The molecule has 2 aromatic heterocycles. The lowest BCUT2D eigenvalue weighted by Gasteiger charge is -2.35. The van der Waals surface area contributed by atoms with E-state index in [-0.39, 0.29) is 12.4 Å². The number of aliphatic hydroxyl groups excluding tert-OH is 1. The van der Waals surface area contributed by atoms with E-state index in [9.17, 15) is 9.50 Å². The Kier molecular flexibility index (Phi) is 6.35. The molecule has 3 N–H and O–H groups in total. The van der Waals surface area contributed by atoms with Crippen molar-refractivity contribution in [3.63, 3.8) is 0 Å². The van der Waals surface area contributed by atoms with E-state index in [0.717, 1.165) is 16.7 Å². The molecular weight excluding hydrogens is 457 g/mol. The van der Waals surface area contributed by atoms with Gasteiger partial charge in [0.2, 0.25) is 0 Å². The van der Waals surface area contributed by atoms with Gasteiger partial charge >= 0.3 is 0 Å². The van der Waals surface area contributed by atoms with Crippen molar-refractivity contribution in [2.24, 2.45) is 0 Å². The van der Waals surface area contributed by atoms with E-state index in [1.54, 1.807) is 11.7 Å². The van der Waals surface area contributed by atoms with Crippen LogP contribution in [0.5, 0.6) is 5.75 Å². The summed E-state index contributed by atoms with van der Waals surface area (Å²) in [6, 6.07) is 27.6. The third-order valence-electron chi connectivity index (χ3n) is 6.34. The molecule has 0 amide bonds. The highest BCUT2D eigenvalue weighted by molar-refractivity contribution is 5.82. The Bertz CT molecular complexity index is 1430. The third-order valence-corrected chi connectivity index (χ3v) is 6.34. The van der Waals surface area contributed by atoms with Gasteiger partial charge in [-0.3, -0.25) is 0 Å². The number of imidazole rings is 1. The van der Waals surface area contributed by atoms with Crippen LogP contribution in [0.2, 0.25) is 0 Å². The van der Waals surface area contributed by atoms with Gasteiger partial charge in [0.25, 0.3) is 0 Å². The number of aliphatic hydroxyl groups is 1. The zero-order valence-electron chi connectivity index (χ0n) is 19.8. The largest absolute Gasteiger partial charge is 0.496 e. The fraction of sp³-hybridized carbons (Fsp3) is 0.179. The molecule has 0 radical (unpaired) electrons. The first-order valence-corrected chi connectivity index (χ1v) is 11.6. The quantitative estimate of drug-likeness (QED) is 0.322. The average Bonchev–Trinajstić information content (AvgIpc) is 3.33. The number of anilines is 1. The summed E-state index contributed by atoms with van der Waals surface area (Å²) in [5.74, 6) is 1.26. The highest BCUT2D eigenvalue weighted by Crippen LogP contribution is 2.47. The molecule has 5 rings (SSSR count). The minimum absolute atomic E-state index is 0.0127. The van der Waals surface area contributed by atoms with Crippen LogP contribution in [0.4, 0.5) is 10.2 Å². The molecule has 0 bridgehead atoms. The molecule has 182 valence electrons. The van der Waals surface area contributed by atoms with E-state index in [4.69, 9.17) is 20.4 Å². The number of hydrogen-bond donors (Lipinski definition) is 2. The van der Waals surface area contributed by atoms with Gasteiger partial charge in [0.15, 0.2) is 17.3 Å². The summed E-state index contributed by atoms with van der Waals surface area (Å²) in [7, 11) is 1.63. The minimum Gasteiger partial charge on any atom is -0.496 e. The van der Waals surface area contributed by atoms with Gasteiger partial charge in [0, 0.05) is 5.56 Å². The van der Waals surface area contributed by atoms with Crippen LogP contribution >= 0.6 is 0 Å². The zero-order chi connectivity index (χ0) is 25.1. The van der Waals surface area contributed by atoms with E-state index in [2.05, 4.69) is 4.98 Å². The molecule has 0 spiro atoms. The van der Waals surface area contributed by atoms with Crippen LogP contribution < -0.4 is 10.5 Å².